The van der Waals surface area contributed by atoms with Crippen LogP contribution in [0.2, 0.25) is 0 Å². The predicted molar refractivity (Wildman–Crippen MR) is 99.5 cm³/mol. The largest absolute Gasteiger partial charge is 0.484 e. The molecule has 0 fully saturated rings. The van der Waals surface area contributed by atoms with Crippen molar-refractivity contribution < 1.29 is 27.5 Å². The standard InChI is InChI=1S/C20H21F3N2O3/c1-13-6-4-7-14(2)18(13)24-17(26)11-25(3)19(27)15-8-5-9-16(10-15)28-12-20(21,22)23/h4-10H,11-12H2,1-3H3,(H,24,26). The van der Waals surface area contributed by atoms with Crippen molar-refractivity contribution in [1.82, 2.24) is 4.90 Å². The van der Waals surface area contributed by atoms with Crippen molar-refractivity contribution in [2.45, 2.75) is 20.0 Å². The molecule has 0 spiro atoms. The Kier molecular flexibility index (Phi) is 6.66. The number of anilines is 1. The summed E-state index contributed by atoms with van der Waals surface area (Å²) in [6, 6.07) is 11.0. The molecule has 0 aliphatic heterocycles. The number of para-hydroxylation sites is 1. The van der Waals surface area contributed by atoms with Gasteiger partial charge in [-0.2, -0.15) is 13.2 Å². The molecule has 0 heterocycles. The number of carbonyl (C=O) groups excluding carboxylic acids is 2. The second-order valence-electron chi connectivity index (χ2n) is 6.41. The number of carbonyl (C=O) groups is 2. The van der Waals surface area contributed by atoms with E-state index in [0.717, 1.165) is 11.1 Å². The highest BCUT2D eigenvalue weighted by Crippen LogP contribution is 2.21. The first-order valence-corrected chi connectivity index (χ1v) is 8.48. The average Bonchev–Trinajstić information content (AvgIpc) is 2.62. The number of nitrogens with one attached hydrogen (secondary N) is 1. The molecule has 2 amide bonds. The molecule has 0 aliphatic rings. The van der Waals surface area contributed by atoms with Gasteiger partial charge in [-0.15, -0.1) is 0 Å². The second-order valence-corrected chi connectivity index (χ2v) is 6.41. The molecule has 1 N–H and O–H groups in total. The Morgan fingerprint density at radius 3 is 2.29 bits per heavy atom. The molecule has 2 rings (SSSR count). The minimum atomic E-state index is -4.47. The highest BCUT2D eigenvalue weighted by molar-refractivity contribution is 5.99. The van der Waals surface area contributed by atoms with Gasteiger partial charge in [-0.3, -0.25) is 9.59 Å². The Balaban J connectivity index is 2.01. The van der Waals surface area contributed by atoms with Crippen molar-refractivity contribution >= 4 is 17.5 Å². The van der Waals surface area contributed by atoms with E-state index in [9.17, 15) is 22.8 Å². The van der Waals surface area contributed by atoms with E-state index >= 15 is 0 Å². The fourth-order valence-electron chi connectivity index (χ4n) is 2.58. The van der Waals surface area contributed by atoms with E-state index < -0.39 is 18.7 Å². The third kappa shape index (κ3) is 6.00. The zero-order valence-corrected chi connectivity index (χ0v) is 15.8. The molecule has 28 heavy (non-hydrogen) atoms. The minimum absolute atomic E-state index is 0.0726. The Hall–Kier alpha value is -3.03. The third-order valence-electron chi connectivity index (χ3n) is 3.96. The number of benzene rings is 2. The number of alkyl halides is 3. The Bertz CT molecular complexity index is 846. The summed E-state index contributed by atoms with van der Waals surface area (Å²) in [7, 11) is 1.44. The number of nitrogens with zero attached hydrogens (tertiary/aromatic N) is 1. The maximum absolute atomic E-state index is 12.5. The summed E-state index contributed by atoms with van der Waals surface area (Å²) >= 11 is 0. The molecule has 8 heteroatoms. The maximum atomic E-state index is 12.5. The summed E-state index contributed by atoms with van der Waals surface area (Å²) < 4.78 is 41.4. The number of rotatable bonds is 6. The lowest BCUT2D eigenvalue weighted by Gasteiger charge is -2.18. The molecule has 0 aliphatic carbocycles. The monoisotopic (exact) mass is 394 g/mol. The Labute approximate surface area is 161 Å². The minimum Gasteiger partial charge on any atom is -0.484 e. The molecular weight excluding hydrogens is 373 g/mol. The van der Waals surface area contributed by atoms with Crippen LogP contribution >= 0.6 is 0 Å². The molecule has 0 radical (unpaired) electrons. The molecule has 0 unspecified atom stereocenters. The summed E-state index contributed by atoms with van der Waals surface area (Å²) in [6.07, 6.45) is -4.47. The van der Waals surface area contributed by atoms with E-state index in [1.807, 2.05) is 32.0 Å². The fraction of sp³-hybridized carbons (Fsp3) is 0.300. The van der Waals surface area contributed by atoms with Gasteiger partial charge in [-0.1, -0.05) is 24.3 Å². The average molecular weight is 394 g/mol. The van der Waals surface area contributed by atoms with Crippen molar-refractivity contribution in [1.29, 1.82) is 0 Å². The van der Waals surface area contributed by atoms with Gasteiger partial charge in [0.05, 0.1) is 6.54 Å². The molecule has 2 aromatic rings. The molecule has 150 valence electrons. The van der Waals surface area contributed by atoms with Crippen LogP contribution in [0.4, 0.5) is 18.9 Å². The quantitative estimate of drug-likeness (QED) is 0.807. The SMILES string of the molecule is Cc1cccc(C)c1NC(=O)CN(C)C(=O)c1cccc(OCC(F)(F)F)c1. The first-order chi connectivity index (χ1) is 13.1. The molecule has 0 saturated heterocycles. The summed E-state index contributed by atoms with van der Waals surface area (Å²) in [6.45, 7) is 2.08. The van der Waals surface area contributed by atoms with Crippen LogP contribution in [-0.4, -0.2) is 43.1 Å². The van der Waals surface area contributed by atoms with Crippen LogP contribution in [0.15, 0.2) is 42.5 Å². The fourth-order valence-corrected chi connectivity index (χ4v) is 2.58. The van der Waals surface area contributed by atoms with Gasteiger partial charge in [0, 0.05) is 18.3 Å². The van der Waals surface area contributed by atoms with Crippen molar-refractivity contribution in [3.05, 3.63) is 59.2 Å². The molecule has 0 bridgehead atoms. The van der Waals surface area contributed by atoms with Gasteiger partial charge in [0.2, 0.25) is 5.91 Å². The number of hydrogen-bond acceptors (Lipinski definition) is 3. The lowest BCUT2D eigenvalue weighted by atomic mass is 10.1. The van der Waals surface area contributed by atoms with E-state index in [1.165, 1.54) is 36.2 Å². The van der Waals surface area contributed by atoms with E-state index in [0.29, 0.717) is 5.69 Å². The van der Waals surface area contributed by atoms with E-state index in [2.05, 4.69) is 10.1 Å². The normalized spacial score (nSPS) is 11.1. The van der Waals surface area contributed by atoms with Crippen LogP contribution in [0.5, 0.6) is 5.75 Å². The molecule has 0 saturated carbocycles. The number of aryl methyl sites for hydroxylation is 2. The zero-order valence-electron chi connectivity index (χ0n) is 15.8. The van der Waals surface area contributed by atoms with Gasteiger partial charge < -0.3 is 15.0 Å². The Morgan fingerprint density at radius 2 is 1.68 bits per heavy atom. The Morgan fingerprint density at radius 1 is 1.07 bits per heavy atom. The highest BCUT2D eigenvalue weighted by atomic mass is 19.4. The zero-order chi connectivity index (χ0) is 20.9. The molecule has 2 aromatic carbocycles. The summed E-state index contributed by atoms with van der Waals surface area (Å²) in [5.41, 5.74) is 2.62. The number of ether oxygens (including phenoxy) is 1. The number of hydrogen-bond donors (Lipinski definition) is 1. The van der Waals surface area contributed by atoms with Crippen molar-refractivity contribution in [3.8, 4) is 5.75 Å². The number of amides is 2. The van der Waals surface area contributed by atoms with Crippen LogP contribution in [0, 0.1) is 13.8 Å². The van der Waals surface area contributed by atoms with E-state index in [4.69, 9.17) is 0 Å². The van der Waals surface area contributed by atoms with Crippen molar-refractivity contribution in [3.63, 3.8) is 0 Å². The lowest BCUT2D eigenvalue weighted by Crippen LogP contribution is -2.35. The van der Waals surface area contributed by atoms with Crippen LogP contribution in [0.3, 0.4) is 0 Å². The van der Waals surface area contributed by atoms with Gasteiger partial charge in [0.15, 0.2) is 6.61 Å². The van der Waals surface area contributed by atoms with Crippen molar-refractivity contribution in [2.75, 3.05) is 25.5 Å². The third-order valence-corrected chi connectivity index (χ3v) is 3.96. The highest BCUT2D eigenvalue weighted by Gasteiger charge is 2.28. The van der Waals surface area contributed by atoms with Crippen molar-refractivity contribution in [2.24, 2.45) is 0 Å². The molecule has 0 atom stereocenters. The van der Waals surface area contributed by atoms with Gasteiger partial charge >= 0.3 is 6.18 Å². The van der Waals surface area contributed by atoms with Crippen LogP contribution < -0.4 is 10.1 Å². The first kappa shape index (κ1) is 21.3. The topological polar surface area (TPSA) is 58.6 Å². The van der Waals surface area contributed by atoms with Crippen LogP contribution in [0.1, 0.15) is 21.5 Å². The smallest absolute Gasteiger partial charge is 0.422 e. The second kappa shape index (κ2) is 8.77. The maximum Gasteiger partial charge on any atom is 0.422 e. The number of halogens is 3. The van der Waals surface area contributed by atoms with Crippen LogP contribution in [0.25, 0.3) is 0 Å². The number of likely N-dealkylation sites (N-methyl/N-ethyl adjacent to an activating group) is 1. The summed E-state index contributed by atoms with van der Waals surface area (Å²) in [4.78, 5) is 26.0. The summed E-state index contributed by atoms with van der Waals surface area (Å²) in [5.74, 6) is -0.955. The van der Waals surface area contributed by atoms with Gasteiger partial charge in [-0.25, -0.2) is 0 Å². The molecule has 5 nitrogen and oxygen atoms in total. The van der Waals surface area contributed by atoms with E-state index in [1.54, 1.807) is 0 Å². The van der Waals surface area contributed by atoms with E-state index in [-0.39, 0.29) is 23.8 Å². The first-order valence-electron chi connectivity index (χ1n) is 8.48. The van der Waals surface area contributed by atoms with Gasteiger partial charge in [-0.05, 0) is 43.2 Å². The van der Waals surface area contributed by atoms with Crippen LogP contribution in [-0.2, 0) is 4.79 Å². The summed E-state index contributed by atoms with van der Waals surface area (Å²) in [5, 5.41) is 2.78. The predicted octanol–water partition coefficient (Wildman–Crippen LogP) is 3.96. The molecule has 0 aromatic heterocycles. The lowest BCUT2D eigenvalue weighted by molar-refractivity contribution is -0.153. The van der Waals surface area contributed by atoms with Gasteiger partial charge in [0.1, 0.15) is 5.75 Å². The van der Waals surface area contributed by atoms with Gasteiger partial charge in [0.25, 0.3) is 5.91 Å². The molecular formula is C20H21F3N2O3.